The van der Waals surface area contributed by atoms with Gasteiger partial charge in [0.15, 0.2) is 0 Å². The molecule has 45 heavy (non-hydrogen) atoms. The maximum atomic E-state index is 16.2. The van der Waals surface area contributed by atoms with Crippen molar-refractivity contribution in [1.29, 1.82) is 0 Å². The molecule has 0 aliphatic heterocycles. The minimum absolute atomic E-state index is 0.0426. The van der Waals surface area contributed by atoms with Gasteiger partial charge in [-0.05, 0) is 53.6 Å². The first-order chi connectivity index (χ1) is 21.0. The third kappa shape index (κ3) is 7.69. The summed E-state index contributed by atoms with van der Waals surface area (Å²) in [7, 11) is -4.58. The molecule has 0 aliphatic carbocycles. The Bertz CT molecular complexity index is 1770. The molecule has 0 spiro atoms. The van der Waals surface area contributed by atoms with E-state index in [1.165, 1.54) is 37.3 Å². The number of hydrogen-bond acceptors (Lipinski definition) is 7. The molecular formula is C30H26F6NO6PS. The molecular weight excluding hydrogens is 647 g/mol. The smallest absolute Gasteiger partial charge is 0.355 e. The van der Waals surface area contributed by atoms with Gasteiger partial charge in [0.25, 0.3) is 0 Å². The highest BCUT2D eigenvalue weighted by atomic mass is 32.1. The van der Waals surface area contributed by atoms with E-state index in [4.69, 9.17) is 9.26 Å². The van der Waals surface area contributed by atoms with E-state index >= 15 is 4.39 Å². The van der Waals surface area contributed by atoms with Crippen LogP contribution < -0.4 is 14.3 Å². The van der Waals surface area contributed by atoms with Crippen LogP contribution in [-0.4, -0.2) is 24.6 Å². The molecule has 1 N–H and O–H groups in total. The Morgan fingerprint density at radius 3 is 2.11 bits per heavy atom. The van der Waals surface area contributed by atoms with Crippen molar-refractivity contribution < 1.29 is 54.5 Å². The molecule has 0 amide bonds. The van der Waals surface area contributed by atoms with Crippen LogP contribution in [0, 0.1) is 34.5 Å². The molecule has 3 aromatic carbocycles. The first-order valence-corrected chi connectivity index (χ1v) is 15.7. The second kappa shape index (κ2) is 13.2. The van der Waals surface area contributed by atoms with Gasteiger partial charge in [0.1, 0.15) is 16.7 Å². The molecule has 7 nitrogen and oxygen atoms in total. The summed E-state index contributed by atoms with van der Waals surface area (Å²) < 4.78 is 114. The minimum Gasteiger partial charge on any atom is -0.464 e. The average molecular weight is 674 g/mol. The van der Waals surface area contributed by atoms with E-state index in [1.54, 1.807) is 18.2 Å². The van der Waals surface area contributed by atoms with E-state index in [2.05, 4.69) is 9.82 Å². The van der Waals surface area contributed by atoms with Crippen molar-refractivity contribution in [3.05, 3.63) is 94.1 Å². The number of benzene rings is 3. The predicted molar refractivity (Wildman–Crippen MR) is 155 cm³/mol. The van der Waals surface area contributed by atoms with Crippen LogP contribution in [0.15, 0.2) is 54.6 Å². The van der Waals surface area contributed by atoms with E-state index < -0.39 is 66.2 Å². The molecule has 1 aromatic heterocycles. The standard InChI is InChI=1S/C30H26F6NO6PS/c1-15(28(38)41-14-30(2,3)4)37-44(40,43-18-8-6-5-7-9-18)27(36)16-10-11-19-17(12-16)13-20(45-19)29(39)42-26-24(34)22(32)21(31)23(33)25(26)35/h5-13,15,27H,14H2,1-4H3,(H,37,40)/t15?,27-,44-/m1/s1. The van der Waals surface area contributed by atoms with Crippen LogP contribution in [-0.2, 0) is 14.1 Å². The number of carbonyl (C=O) groups is 2. The summed E-state index contributed by atoms with van der Waals surface area (Å²) in [6, 6.07) is 11.4. The van der Waals surface area contributed by atoms with Crippen LogP contribution in [0.25, 0.3) is 10.1 Å². The summed E-state index contributed by atoms with van der Waals surface area (Å²) in [5.74, 6) is -18.0. The molecule has 0 bridgehead atoms. The van der Waals surface area contributed by atoms with Crippen LogP contribution >= 0.6 is 18.9 Å². The third-order valence-corrected chi connectivity index (χ3v) is 9.26. The van der Waals surface area contributed by atoms with Crippen molar-refractivity contribution in [2.75, 3.05) is 6.61 Å². The maximum Gasteiger partial charge on any atom is 0.355 e. The molecule has 0 saturated carbocycles. The SMILES string of the molecule is CC(N[P@](=O)(Oc1ccccc1)[C@@H](F)c1ccc2sc(C(=O)Oc3c(F)c(F)c(F)c(F)c3F)cc2c1)C(=O)OCC(C)(C)C. The van der Waals surface area contributed by atoms with Gasteiger partial charge in [-0.25, -0.2) is 27.4 Å². The summed E-state index contributed by atoms with van der Waals surface area (Å²) in [6.45, 7) is 6.89. The van der Waals surface area contributed by atoms with Gasteiger partial charge in [0.05, 0.1) is 6.61 Å². The number of esters is 2. The van der Waals surface area contributed by atoms with Gasteiger partial charge in [-0.3, -0.25) is 9.36 Å². The largest absolute Gasteiger partial charge is 0.464 e. The Hall–Kier alpha value is -3.87. The Morgan fingerprint density at radius 2 is 1.51 bits per heavy atom. The van der Waals surface area contributed by atoms with Crippen LogP contribution in [0.1, 0.15) is 48.8 Å². The lowest BCUT2D eigenvalue weighted by atomic mass is 9.99. The molecule has 0 fully saturated rings. The van der Waals surface area contributed by atoms with Crippen molar-refractivity contribution in [2.24, 2.45) is 5.41 Å². The highest BCUT2D eigenvalue weighted by Crippen LogP contribution is 2.58. The Kier molecular flexibility index (Phi) is 10.0. The number of para-hydroxylation sites is 1. The second-order valence-electron chi connectivity index (χ2n) is 11.1. The molecule has 0 aliphatic rings. The zero-order valence-electron chi connectivity index (χ0n) is 24.1. The quantitative estimate of drug-likeness (QED) is 0.0450. The lowest BCUT2D eigenvalue weighted by Crippen LogP contribution is -2.36. The Morgan fingerprint density at radius 1 is 0.911 bits per heavy atom. The lowest BCUT2D eigenvalue weighted by Gasteiger charge is -2.27. The van der Waals surface area contributed by atoms with Crippen molar-refractivity contribution in [2.45, 2.75) is 39.6 Å². The number of hydrogen-bond donors (Lipinski definition) is 1. The monoisotopic (exact) mass is 673 g/mol. The number of halogens is 6. The van der Waals surface area contributed by atoms with Gasteiger partial charge >= 0.3 is 19.5 Å². The zero-order chi connectivity index (χ0) is 33.3. The number of carbonyl (C=O) groups excluding carboxylic acids is 2. The number of nitrogens with one attached hydrogen (secondary N) is 1. The molecule has 15 heteroatoms. The summed E-state index contributed by atoms with van der Waals surface area (Å²) >= 11 is 0.720. The predicted octanol–water partition coefficient (Wildman–Crippen LogP) is 8.62. The number of fused-ring (bicyclic) bond motifs is 1. The fraction of sp³-hybridized carbons (Fsp3) is 0.267. The van der Waals surface area contributed by atoms with Crippen molar-refractivity contribution in [3.63, 3.8) is 0 Å². The van der Waals surface area contributed by atoms with E-state index in [9.17, 15) is 36.1 Å². The van der Waals surface area contributed by atoms with Crippen molar-refractivity contribution >= 4 is 40.9 Å². The number of ether oxygens (including phenoxy) is 2. The average Bonchev–Trinajstić information content (AvgIpc) is 3.43. The summed E-state index contributed by atoms with van der Waals surface area (Å²) in [5, 5.41) is 2.64. The topological polar surface area (TPSA) is 90.9 Å². The van der Waals surface area contributed by atoms with Crippen LogP contribution in [0.3, 0.4) is 0 Å². The molecule has 4 aromatic rings. The van der Waals surface area contributed by atoms with Gasteiger partial charge in [-0.15, -0.1) is 11.3 Å². The van der Waals surface area contributed by atoms with Crippen LogP contribution in [0.5, 0.6) is 11.5 Å². The summed E-state index contributed by atoms with van der Waals surface area (Å²) in [4.78, 5) is 24.9. The molecule has 0 radical (unpaired) electrons. The Labute approximate surface area is 257 Å². The van der Waals surface area contributed by atoms with Gasteiger partial charge < -0.3 is 14.0 Å². The summed E-state index contributed by atoms with van der Waals surface area (Å²) in [5.41, 5.74) is -0.556. The molecule has 1 unspecified atom stereocenters. The van der Waals surface area contributed by atoms with Gasteiger partial charge in [0.2, 0.25) is 40.7 Å². The molecule has 240 valence electrons. The van der Waals surface area contributed by atoms with Gasteiger partial charge in [-0.2, -0.15) is 8.78 Å². The zero-order valence-corrected chi connectivity index (χ0v) is 25.8. The fourth-order valence-corrected chi connectivity index (χ4v) is 6.66. The maximum absolute atomic E-state index is 16.2. The van der Waals surface area contributed by atoms with Crippen LogP contribution in [0.2, 0.25) is 0 Å². The van der Waals surface area contributed by atoms with Crippen molar-refractivity contribution in [3.8, 4) is 11.5 Å². The molecule has 3 atom stereocenters. The molecule has 4 rings (SSSR count). The normalized spacial score (nSPS) is 14.4. The van der Waals surface area contributed by atoms with E-state index in [-0.39, 0.29) is 33.6 Å². The van der Waals surface area contributed by atoms with E-state index in [0.717, 1.165) is 17.4 Å². The van der Waals surface area contributed by atoms with E-state index in [1.807, 2.05) is 20.8 Å². The lowest BCUT2D eigenvalue weighted by molar-refractivity contribution is -0.148. The van der Waals surface area contributed by atoms with Crippen LogP contribution in [0.4, 0.5) is 26.3 Å². The first kappa shape index (κ1) is 34.0. The highest BCUT2D eigenvalue weighted by molar-refractivity contribution is 7.57. The van der Waals surface area contributed by atoms with Crippen molar-refractivity contribution in [1.82, 2.24) is 5.09 Å². The number of alkyl halides is 1. The minimum atomic E-state index is -4.58. The highest BCUT2D eigenvalue weighted by Gasteiger charge is 2.41. The molecule has 0 saturated heterocycles. The summed E-state index contributed by atoms with van der Waals surface area (Å²) in [6.07, 6.45) is 0. The number of rotatable bonds is 10. The molecule has 1 heterocycles. The third-order valence-electron chi connectivity index (χ3n) is 6.04. The van der Waals surface area contributed by atoms with Gasteiger partial charge in [0, 0.05) is 4.70 Å². The van der Waals surface area contributed by atoms with E-state index in [0.29, 0.717) is 4.70 Å². The number of thiophene rings is 1. The fourth-order valence-electron chi connectivity index (χ4n) is 3.84. The van der Waals surface area contributed by atoms with Gasteiger partial charge in [-0.1, -0.05) is 45.0 Å². The second-order valence-corrected chi connectivity index (χ2v) is 14.2. The first-order valence-electron chi connectivity index (χ1n) is 13.2. The Balaban J connectivity index is 1.62.